The molecule has 0 bridgehead atoms. The molecule has 5 nitrogen and oxygen atoms in total. The van der Waals surface area contributed by atoms with Crippen LogP contribution in [0.25, 0.3) is 0 Å². The van der Waals surface area contributed by atoms with E-state index < -0.39 is 0 Å². The second-order valence-electron chi connectivity index (χ2n) is 7.11. The average molecular weight is 331 g/mol. The molecule has 2 amide bonds. The number of carbonyl (C=O) groups is 2. The normalized spacial score (nSPS) is 20.7. The maximum atomic E-state index is 12.1. The van der Waals surface area contributed by atoms with Gasteiger partial charge in [0.25, 0.3) is 0 Å². The molecule has 0 atom stereocenters. The van der Waals surface area contributed by atoms with E-state index in [1.807, 2.05) is 31.2 Å². The van der Waals surface area contributed by atoms with Crippen LogP contribution in [0.3, 0.4) is 0 Å². The summed E-state index contributed by atoms with van der Waals surface area (Å²) in [5, 5.41) is 5.93. The number of anilines is 1. The van der Waals surface area contributed by atoms with Gasteiger partial charge in [0.15, 0.2) is 0 Å². The molecule has 132 valence electrons. The molecule has 0 heterocycles. The van der Waals surface area contributed by atoms with Gasteiger partial charge in [0.2, 0.25) is 11.8 Å². The number of likely N-dealkylation sites (N-methyl/N-ethyl adjacent to an activating group) is 1. The van der Waals surface area contributed by atoms with E-state index in [1.165, 1.54) is 12.8 Å². The van der Waals surface area contributed by atoms with E-state index in [0.717, 1.165) is 30.0 Å². The first-order chi connectivity index (χ1) is 11.4. The van der Waals surface area contributed by atoms with E-state index in [4.69, 9.17) is 0 Å². The summed E-state index contributed by atoms with van der Waals surface area (Å²) in [7, 11) is 1.79. The molecule has 2 N–H and O–H groups in total. The zero-order chi connectivity index (χ0) is 17.5. The van der Waals surface area contributed by atoms with Crippen molar-refractivity contribution in [1.29, 1.82) is 0 Å². The monoisotopic (exact) mass is 331 g/mol. The Bertz CT molecular complexity index is 548. The molecule has 5 heteroatoms. The topological polar surface area (TPSA) is 61.4 Å². The third-order valence-electron chi connectivity index (χ3n) is 4.54. The van der Waals surface area contributed by atoms with Gasteiger partial charge in [-0.1, -0.05) is 24.6 Å². The fourth-order valence-corrected chi connectivity index (χ4v) is 3.06. The number of benzene rings is 1. The molecule has 0 aliphatic heterocycles. The van der Waals surface area contributed by atoms with Crippen LogP contribution in [0.15, 0.2) is 24.3 Å². The van der Waals surface area contributed by atoms with E-state index in [2.05, 4.69) is 17.6 Å². The van der Waals surface area contributed by atoms with Crippen molar-refractivity contribution in [1.82, 2.24) is 10.2 Å². The summed E-state index contributed by atoms with van der Waals surface area (Å²) in [5.41, 5.74) is 1.93. The number of nitrogens with zero attached hydrogens (tertiary/aromatic N) is 1. The maximum Gasteiger partial charge on any atom is 0.238 e. The summed E-state index contributed by atoms with van der Waals surface area (Å²) in [6.07, 6.45) is 4.48. The van der Waals surface area contributed by atoms with Gasteiger partial charge in [0, 0.05) is 11.7 Å². The van der Waals surface area contributed by atoms with Crippen molar-refractivity contribution >= 4 is 17.5 Å². The Hall–Kier alpha value is -1.88. The molecular formula is C19H29N3O2. The van der Waals surface area contributed by atoms with Gasteiger partial charge in [-0.2, -0.15) is 0 Å². The van der Waals surface area contributed by atoms with Crippen LogP contribution in [0.2, 0.25) is 0 Å². The highest BCUT2D eigenvalue weighted by atomic mass is 16.2. The number of hydrogen-bond acceptors (Lipinski definition) is 3. The number of aryl methyl sites for hydroxylation is 1. The van der Waals surface area contributed by atoms with E-state index >= 15 is 0 Å². The van der Waals surface area contributed by atoms with Crippen molar-refractivity contribution in [3.05, 3.63) is 29.8 Å². The first-order valence-corrected chi connectivity index (χ1v) is 8.77. The Balaban J connectivity index is 1.69. The lowest BCUT2D eigenvalue weighted by Gasteiger charge is -2.27. The predicted octanol–water partition coefficient (Wildman–Crippen LogP) is 2.56. The van der Waals surface area contributed by atoms with Crippen molar-refractivity contribution in [3.63, 3.8) is 0 Å². The summed E-state index contributed by atoms with van der Waals surface area (Å²) in [4.78, 5) is 25.9. The van der Waals surface area contributed by atoms with E-state index in [9.17, 15) is 9.59 Å². The van der Waals surface area contributed by atoms with Crippen LogP contribution < -0.4 is 10.6 Å². The lowest BCUT2D eigenvalue weighted by molar-refractivity contribution is -0.123. The third kappa shape index (κ3) is 6.32. The van der Waals surface area contributed by atoms with Gasteiger partial charge in [-0.15, -0.1) is 0 Å². The van der Waals surface area contributed by atoms with Crippen molar-refractivity contribution in [3.8, 4) is 0 Å². The van der Waals surface area contributed by atoms with Crippen LogP contribution in [0.4, 0.5) is 5.69 Å². The van der Waals surface area contributed by atoms with Crippen molar-refractivity contribution in [2.45, 2.75) is 45.6 Å². The van der Waals surface area contributed by atoms with Crippen LogP contribution in [0.5, 0.6) is 0 Å². The first kappa shape index (κ1) is 18.5. The van der Waals surface area contributed by atoms with E-state index in [-0.39, 0.29) is 24.9 Å². The molecule has 1 aromatic rings. The van der Waals surface area contributed by atoms with Crippen LogP contribution in [0, 0.1) is 12.8 Å². The average Bonchev–Trinajstić information content (AvgIpc) is 2.51. The molecule has 0 saturated heterocycles. The molecule has 1 fully saturated rings. The fraction of sp³-hybridized carbons (Fsp3) is 0.579. The second-order valence-corrected chi connectivity index (χ2v) is 7.11. The zero-order valence-electron chi connectivity index (χ0n) is 15.0. The van der Waals surface area contributed by atoms with Gasteiger partial charge >= 0.3 is 0 Å². The number of rotatable bonds is 6. The lowest BCUT2D eigenvalue weighted by Crippen LogP contribution is -2.43. The van der Waals surface area contributed by atoms with E-state index in [1.54, 1.807) is 11.9 Å². The largest absolute Gasteiger partial charge is 0.352 e. The molecule has 1 aromatic carbocycles. The molecule has 1 saturated carbocycles. The molecule has 1 aliphatic rings. The molecule has 0 aromatic heterocycles. The van der Waals surface area contributed by atoms with Gasteiger partial charge < -0.3 is 10.6 Å². The quantitative estimate of drug-likeness (QED) is 0.842. The second kappa shape index (κ2) is 8.83. The number of nitrogens with one attached hydrogen (secondary N) is 2. The van der Waals surface area contributed by atoms with Gasteiger partial charge in [-0.3, -0.25) is 14.5 Å². The molecule has 1 aliphatic carbocycles. The van der Waals surface area contributed by atoms with Gasteiger partial charge in [0.05, 0.1) is 13.1 Å². The van der Waals surface area contributed by atoms with E-state index in [0.29, 0.717) is 6.04 Å². The smallest absolute Gasteiger partial charge is 0.238 e. The summed E-state index contributed by atoms with van der Waals surface area (Å²) < 4.78 is 0. The maximum absolute atomic E-state index is 12.1. The molecule has 0 unspecified atom stereocenters. The minimum Gasteiger partial charge on any atom is -0.352 e. The summed E-state index contributed by atoms with van der Waals surface area (Å²) >= 11 is 0. The standard InChI is InChI=1S/C19H29N3O2/c1-14-4-8-16(9-5-14)20-18(23)12-22(3)13-19(24)21-17-10-6-15(2)7-11-17/h4-5,8-9,15,17H,6-7,10-13H2,1-3H3,(H,20,23)(H,21,24). The minimum absolute atomic E-state index is 0.000175. The molecule has 0 radical (unpaired) electrons. The van der Waals surface area contributed by atoms with Gasteiger partial charge in [-0.05, 0) is 57.7 Å². The van der Waals surface area contributed by atoms with Crippen LogP contribution in [0.1, 0.15) is 38.2 Å². The first-order valence-electron chi connectivity index (χ1n) is 8.77. The van der Waals surface area contributed by atoms with Gasteiger partial charge in [0.1, 0.15) is 0 Å². The van der Waals surface area contributed by atoms with Crippen molar-refractivity contribution in [2.24, 2.45) is 5.92 Å². The predicted molar refractivity (Wildman–Crippen MR) is 96.9 cm³/mol. The summed E-state index contributed by atoms with van der Waals surface area (Å²) in [5.74, 6) is 0.659. The highest BCUT2D eigenvalue weighted by molar-refractivity contribution is 5.92. The van der Waals surface area contributed by atoms with Crippen molar-refractivity contribution in [2.75, 3.05) is 25.5 Å². The Labute approximate surface area is 144 Å². The Morgan fingerprint density at radius 2 is 1.62 bits per heavy atom. The number of amides is 2. The van der Waals surface area contributed by atoms with Gasteiger partial charge in [-0.25, -0.2) is 0 Å². The SMILES string of the molecule is Cc1ccc(NC(=O)CN(C)CC(=O)NC2CCC(C)CC2)cc1. The number of hydrogen-bond donors (Lipinski definition) is 2. The fourth-order valence-electron chi connectivity index (χ4n) is 3.06. The Morgan fingerprint density at radius 1 is 1.04 bits per heavy atom. The van der Waals surface area contributed by atoms with Crippen molar-refractivity contribution < 1.29 is 9.59 Å². The Kier molecular flexibility index (Phi) is 6.79. The summed E-state index contributed by atoms with van der Waals surface area (Å²) in [6.45, 7) is 4.71. The molecule has 2 rings (SSSR count). The van der Waals surface area contributed by atoms with Crippen LogP contribution >= 0.6 is 0 Å². The molecular weight excluding hydrogens is 302 g/mol. The lowest BCUT2D eigenvalue weighted by atomic mass is 9.87. The van der Waals surface area contributed by atoms with Crippen LogP contribution in [-0.2, 0) is 9.59 Å². The number of carbonyl (C=O) groups excluding carboxylic acids is 2. The minimum atomic E-state index is -0.111. The zero-order valence-corrected chi connectivity index (χ0v) is 15.0. The molecule has 0 spiro atoms. The molecule has 24 heavy (non-hydrogen) atoms. The third-order valence-corrected chi connectivity index (χ3v) is 4.54. The highest BCUT2D eigenvalue weighted by Crippen LogP contribution is 2.23. The Morgan fingerprint density at radius 3 is 2.25 bits per heavy atom. The van der Waals surface area contributed by atoms with Crippen LogP contribution in [-0.4, -0.2) is 42.9 Å². The highest BCUT2D eigenvalue weighted by Gasteiger charge is 2.20. The summed E-state index contributed by atoms with van der Waals surface area (Å²) in [6, 6.07) is 7.97.